The maximum atomic E-state index is 13.5. The molecule has 13 heteroatoms. The summed E-state index contributed by atoms with van der Waals surface area (Å²) >= 11 is 6.48. The van der Waals surface area contributed by atoms with Crippen molar-refractivity contribution in [1.82, 2.24) is 24.3 Å². The minimum absolute atomic E-state index is 0.375. The summed E-state index contributed by atoms with van der Waals surface area (Å²) in [6, 6.07) is 5.38. The molecule has 3 aromatic heterocycles. The summed E-state index contributed by atoms with van der Waals surface area (Å²) in [7, 11) is 0. The van der Waals surface area contributed by atoms with Crippen LogP contribution in [0.15, 0.2) is 58.1 Å². The number of hydrogen-bond acceptors (Lipinski definition) is 6. The molecule has 4 aromatic rings. The average molecular weight is 614 g/mol. The van der Waals surface area contributed by atoms with Crippen LogP contribution in [0.5, 0.6) is 0 Å². The number of imidazole rings is 1. The van der Waals surface area contributed by atoms with Gasteiger partial charge in [0.25, 0.3) is 0 Å². The van der Waals surface area contributed by atoms with E-state index in [1.165, 1.54) is 18.3 Å². The van der Waals surface area contributed by atoms with E-state index in [4.69, 9.17) is 0 Å². The number of benzene rings is 1. The van der Waals surface area contributed by atoms with Gasteiger partial charge in [0.1, 0.15) is 16.2 Å². The van der Waals surface area contributed by atoms with E-state index < -0.39 is 22.7 Å². The van der Waals surface area contributed by atoms with Gasteiger partial charge in [0.2, 0.25) is 5.82 Å². The number of aliphatic hydroxyl groups is 1. The minimum atomic E-state index is -0.940. The van der Waals surface area contributed by atoms with Crippen LogP contribution in [0.4, 0.5) is 14.6 Å². The van der Waals surface area contributed by atoms with Crippen molar-refractivity contribution in [1.29, 1.82) is 0 Å². The minimum Gasteiger partial charge on any atom is -0.389 e. The van der Waals surface area contributed by atoms with Crippen molar-refractivity contribution in [3.05, 3.63) is 91.0 Å². The van der Waals surface area contributed by atoms with Crippen LogP contribution in [0, 0.1) is 21.7 Å². The highest BCUT2D eigenvalue weighted by atomic mass is 79.9. The Morgan fingerprint density at radius 2 is 1.94 bits per heavy atom. The molecular weight excluding hydrogens is 594 g/mol. The molecule has 9 nitrogen and oxygen atoms in total. The van der Waals surface area contributed by atoms with E-state index in [0.29, 0.717) is 22.4 Å². The molecule has 0 aliphatic carbocycles. The molecule has 1 N–H and O–H groups in total. The van der Waals surface area contributed by atoms with Crippen molar-refractivity contribution >= 4 is 37.7 Å². The van der Waals surface area contributed by atoms with Crippen molar-refractivity contribution in [2.75, 3.05) is 0 Å². The summed E-state index contributed by atoms with van der Waals surface area (Å²) in [5, 5.41) is 24.3. The number of nitro groups is 1. The first-order chi connectivity index (χ1) is 16.6. The zero-order chi connectivity index (χ0) is 25.7. The van der Waals surface area contributed by atoms with Gasteiger partial charge in [-0.2, -0.15) is 9.49 Å². The van der Waals surface area contributed by atoms with Gasteiger partial charge >= 0.3 is 5.82 Å². The molecule has 0 amide bonds. The van der Waals surface area contributed by atoms with Crippen LogP contribution in [-0.4, -0.2) is 34.3 Å². The Bertz CT molecular complexity index is 1340. The molecular formula is C22H20Br2F2N6O3. The second kappa shape index (κ2) is 11.6. The molecule has 0 bridgehead atoms. The Labute approximate surface area is 215 Å². The number of aliphatic hydroxyl groups excluding tert-OH is 1. The van der Waals surface area contributed by atoms with Gasteiger partial charge in [-0.05, 0) is 79.4 Å². The topological polar surface area (TPSA) is 112 Å². The molecule has 184 valence electrons. The van der Waals surface area contributed by atoms with Crippen LogP contribution in [-0.2, 0) is 13.1 Å². The molecule has 0 radical (unpaired) electrons. The largest absolute Gasteiger partial charge is 0.399 e. The first-order valence-electron chi connectivity index (χ1n) is 10.3. The van der Waals surface area contributed by atoms with Crippen LogP contribution < -0.4 is 0 Å². The molecule has 4 rings (SSSR count). The van der Waals surface area contributed by atoms with Crippen LogP contribution in [0.1, 0.15) is 31.1 Å². The summed E-state index contributed by atoms with van der Waals surface area (Å²) in [6.45, 7) is 5.00. The van der Waals surface area contributed by atoms with E-state index in [1.807, 2.05) is 28.6 Å². The van der Waals surface area contributed by atoms with Crippen molar-refractivity contribution in [3.8, 4) is 11.4 Å². The van der Waals surface area contributed by atoms with Crippen LogP contribution >= 0.6 is 31.9 Å². The Kier molecular flexibility index (Phi) is 8.81. The third-order valence-corrected chi connectivity index (χ3v) is 6.22. The lowest BCUT2D eigenvalue weighted by molar-refractivity contribution is -0.392. The van der Waals surface area contributed by atoms with Gasteiger partial charge in [0.15, 0.2) is 6.20 Å². The highest BCUT2D eigenvalue weighted by Gasteiger charge is 2.17. The van der Waals surface area contributed by atoms with Gasteiger partial charge in [-0.3, -0.25) is 4.68 Å². The number of nitrogens with zero attached hydrogens (tertiary/aromatic N) is 6. The second-order valence-electron chi connectivity index (χ2n) is 7.28. The molecule has 0 aliphatic rings. The van der Waals surface area contributed by atoms with Crippen LogP contribution in [0.25, 0.3) is 11.4 Å². The lowest BCUT2D eigenvalue weighted by atomic mass is 10.0. The maximum absolute atomic E-state index is 13.5. The summed E-state index contributed by atoms with van der Waals surface area (Å²) in [4.78, 5) is 16.8. The number of hydrogen-bond donors (Lipinski definition) is 1. The van der Waals surface area contributed by atoms with Crippen molar-refractivity contribution < 1.29 is 18.8 Å². The second-order valence-corrected chi connectivity index (χ2v) is 8.95. The average Bonchev–Trinajstić information content (AvgIpc) is 3.40. The quantitative estimate of drug-likeness (QED) is 0.222. The monoisotopic (exact) mass is 612 g/mol. The standard InChI is InChI=1S/C17H18BrFN4O.C5H2BrFN2O2/c1-3-23-16(18)12(9-21-23)10-22-7-6-20-17(22)14-5-4-13(19)8-15(14)11(2)24;6-3-1-4(7)5(8-2-3)9(10)11/h4-9,11,24H,3,10H2,1-2H3;1-2H. The van der Waals surface area contributed by atoms with Crippen molar-refractivity contribution in [2.24, 2.45) is 0 Å². The Morgan fingerprint density at radius 3 is 2.54 bits per heavy atom. The molecule has 1 aromatic carbocycles. The summed E-state index contributed by atoms with van der Waals surface area (Å²) in [6.07, 6.45) is 5.76. The Balaban J connectivity index is 0.000000261. The van der Waals surface area contributed by atoms with Crippen LogP contribution in [0.2, 0.25) is 0 Å². The zero-order valence-corrected chi connectivity index (χ0v) is 21.7. The zero-order valence-electron chi connectivity index (χ0n) is 18.6. The molecule has 0 saturated carbocycles. The first kappa shape index (κ1) is 26.6. The molecule has 0 spiro atoms. The predicted octanol–water partition coefficient (Wildman–Crippen LogP) is 5.66. The molecule has 0 fully saturated rings. The summed E-state index contributed by atoms with van der Waals surface area (Å²) in [5.74, 6) is -1.39. The van der Waals surface area contributed by atoms with E-state index in [9.17, 15) is 24.0 Å². The van der Waals surface area contributed by atoms with E-state index >= 15 is 0 Å². The summed E-state index contributed by atoms with van der Waals surface area (Å²) in [5.41, 5.74) is 2.26. The smallest absolute Gasteiger partial charge is 0.389 e. The fourth-order valence-electron chi connectivity index (χ4n) is 3.22. The lowest BCUT2D eigenvalue weighted by Gasteiger charge is -2.14. The highest BCUT2D eigenvalue weighted by Crippen LogP contribution is 2.29. The third kappa shape index (κ3) is 6.35. The normalized spacial score (nSPS) is 11.6. The number of rotatable bonds is 6. The number of pyridine rings is 1. The van der Waals surface area contributed by atoms with Gasteiger partial charge in [-0.25, -0.2) is 9.37 Å². The molecule has 0 aliphatic heterocycles. The predicted molar refractivity (Wildman–Crippen MR) is 132 cm³/mol. The molecule has 0 saturated heterocycles. The number of aromatic nitrogens is 5. The maximum Gasteiger partial charge on any atom is 0.399 e. The van der Waals surface area contributed by atoms with E-state index in [1.54, 1.807) is 19.2 Å². The van der Waals surface area contributed by atoms with E-state index in [0.717, 1.165) is 28.3 Å². The van der Waals surface area contributed by atoms with E-state index in [-0.39, 0.29) is 5.82 Å². The number of halogens is 4. The Morgan fingerprint density at radius 1 is 1.20 bits per heavy atom. The van der Waals surface area contributed by atoms with E-state index in [2.05, 4.69) is 46.9 Å². The first-order valence-corrected chi connectivity index (χ1v) is 11.9. The van der Waals surface area contributed by atoms with Crippen molar-refractivity contribution in [3.63, 3.8) is 0 Å². The van der Waals surface area contributed by atoms with Crippen LogP contribution in [0.3, 0.4) is 0 Å². The lowest BCUT2D eigenvalue weighted by Crippen LogP contribution is -2.05. The molecule has 3 heterocycles. The van der Waals surface area contributed by atoms with Gasteiger partial charge in [0, 0.05) is 36.1 Å². The number of aryl methyl sites for hydroxylation is 1. The Hall–Kier alpha value is -3.03. The molecule has 1 unspecified atom stereocenters. The SMILES string of the molecule is CCn1ncc(Cn2ccnc2-c2ccc(F)cc2C(C)O)c1Br.O=[N+]([O-])c1ncc(Br)cc1F. The highest BCUT2D eigenvalue weighted by molar-refractivity contribution is 9.10. The summed E-state index contributed by atoms with van der Waals surface area (Å²) < 4.78 is 31.2. The van der Waals surface area contributed by atoms with Crippen molar-refractivity contribution in [2.45, 2.75) is 33.0 Å². The third-order valence-electron chi connectivity index (χ3n) is 4.87. The van der Waals surface area contributed by atoms with Gasteiger partial charge < -0.3 is 19.8 Å². The van der Waals surface area contributed by atoms with Gasteiger partial charge in [0.05, 0.1) is 23.3 Å². The fraction of sp³-hybridized carbons (Fsp3) is 0.227. The van der Waals surface area contributed by atoms with Gasteiger partial charge in [-0.1, -0.05) is 0 Å². The molecule has 35 heavy (non-hydrogen) atoms. The molecule has 1 atom stereocenters. The van der Waals surface area contributed by atoms with Gasteiger partial charge in [-0.15, -0.1) is 0 Å². The fourth-order valence-corrected chi connectivity index (χ4v) is 4.10.